The Hall–Kier alpha value is -1.10. The predicted molar refractivity (Wildman–Crippen MR) is 76.6 cm³/mol. The Morgan fingerprint density at radius 3 is 2.84 bits per heavy atom. The van der Waals surface area contributed by atoms with E-state index in [-0.39, 0.29) is 6.10 Å². The molecule has 0 bridgehead atoms. The Balaban J connectivity index is 1.78. The summed E-state index contributed by atoms with van der Waals surface area (Å²) in [5, 5.41) is 3.13. The SMILES string of the molecule is CCN1CCOC(COc2ccc(CNC)cc2)C1. The number of nitrogens with one attached hydrogen (secondary N) is 1. The van der Waals surface area contributed by atoms with E-state index in [1.54, 1.807) is 0 Å². The summed E-state index contributed by atoms with van der Waals surface area (Å²) in [4.78, 5) is 2.40. The summed E-state index contributed by atoms with van der Waals surface area (Å²) in [6.07, 6.45) is 0.186. The van der Waals surface area contributed by atoms with Gasteiger partial charge in [0.2, 0.25) is 0 Å². The minimum absolute atomic E-state index is 0.186. The number of hydrogen-bond donors (Lipinski definition) is 1. The predicted octanol–water partition coefficient (Wildman–Crippen LogP) is 1.51. The Labute approximate surface area is 115 Å². The number of rotatable bonds is 6. The molecule has 0 aliphatic carbocycles. The smallest absolute Gasteiger partial charge is 0.119 e. The zero-order valence-electron chi connectivity index (χ0n) is 11.9. The van der Waals surface area contributed by atoms with E-state index in [2.05, 4.69) is 29.3 Å². The number of likely N-dealkylation sites (N-methyl/N-ethyl adjacent to an activating group) is 1. The maximum atomic E-state index is 5.80. The molecule has 1 heterocycles. The van der Waals surface area contributed by atoms with Crippen molar-refractivity contribution in [2.75, 3.05) is 39.9 Å². The van der Waals surface area contributed by atoms with E-state index in [0.717, 1.165) is 38.5 Å². The second kappa shape index (κ2) is 7.48. The van der Waals surface area contributed by atoms with Gasteiger partial charge in [0.05, 0.1) is 6.61 Å². The van der Waals surface area contributed by atoms with Gasteiger partial charge in [-0.25, -0.2) is 0 Å². The molecule has 0 radical (unpaired) electrons. The molecular formula is C15H24N2O2. The molecule has 1 atom stereocenters. The maximum Gasteiger partial charge on any atom is 0.119 e. The summed E-state index contributed by atoms with van der Waals surface area (Å²) in [6, 6.07) is 8.22. The fourth-order valence-electron chi connectivity index (χ4n) is 2.27. The van der Waals surface area contributed by atoms with Crippen LogP contribution < -0.4 is 10.1 Å². The van der Waals surface area contributed by atoms with Crippen LogP contribution in [0.4, 0.5) is 0 Å². The average molecular weight is 264 g/mol. The third-order valence-corrected chi connectivity index (χ3v) is 3.41. The summed E-state index contributed by atoms with van der Waals surface area (Å²) in [6.45, 7) is 7.59. The van der Waals surface area contributed by atoms with Crippen LogP contribution in [-0.4, -0.2) is 50.9 Å². The van der Waals surface area contributed by atoms with Gasteiger partial charge >= 0.3 is 0 Å². The van der Waals surface area contributed by atoms with Crippen molar-refractivity contribution in [3.63, 3.8) is 0 Å². The highest BCUT2D eigenvalue weighted by Gasteiger charge is 2.19. The third kappa shape index (κ3) is 4.49. The number of ether oxygens (including phenoxy) is 2. The van der Waals surface area contributed by atoms with Crippen LogP contribution in [0.15, 0.2) is 24.3 Å². The van der Waals surface area contributed by atoms with Crippen molar-refractivity contribution in [1.82, 2.24) is 10.2 Å². The molecule has 0 spiro atoms. The first-order chi connectivity index (χ1) is 9.31. The first-order valence-electron chi connectivity index (χ1n) is 7.02. The highest BCUT2D eigenvalue weighted by Crippen LogP contribution is 2.14. The summed E-state index contributed by atoms with van der Waals surface area (Å²) in [7, 11) is 1.95. The highest BCUT2D eigenvalue weighted by atomic mass is 16.5. The second-order valence-corrected chi connectivity index (χ2v) is 4.87. The van der Waals surface area contributed by atoms with Crippen LogP contribution in [0.3, 0.4) is 0 Å². The maximum absolute atomic E-state index is 5.80. The standard InChI is InChI=1S/C15H24N2O2/c1-3-17-8-9-18-15(11-17)12-19-14-6-4-13(5-7-14)10-16-2/h4-7,15-16H,3,8-12H2,1-2H3. The molecule has 1 aliphatic heterocycles. The van der Waals surface area contributed by atoms with Gasteiger partial charge in [0.15, 0.2) is 0 Å². The molecule has 1 N–H and O–H groups in total. The molecule has 4 heteroatoms. The largest absolute Gasteiger partial charge is 0.491 e. The van der Waals surface area contributed by atoms with Gasteiger partial charge in [0.25, 0.3) is 0 Å². The van der Waals surface area contributed by atoms with E-state index < -0.39 is 0 Å². The van der Waals surface area contributed by atoms with Gasteiger partial charge < -0.3 is 14.8 Å². The zero-order valence-corrected chi connectivity index (χ0v) is 11.9. The van der Waals surface area contributed by atoms with Crippen LogP contribution in [0.1, 0.15) is 12.5 Å². The van der Waals surface area contributed by atoms with E-state index >= 15 is 0 Å². The van der Waals surface area contributed by atoms with Gasteiger partial charge in [-0.2, -0.15) is 0 Å². The fraction of sp³-hybridized carbons (Fsp3) is 0.600. The monoisotopic (exact) mass is 264 g/mol. The van der Waals surface area contributed by atoms with Crippen molar-refractivity contribution in [1.29, 1.82) is 0 Å². The van der Waals surface area contributed by atoms with Gasteiger partial charge in [-0.3, -0.25) is 4.90 Å². The Kier molecular flexibility index (Phi) is 5.63. The molecule has 1 aromatic carbocycles. The Morgan fingerprint density at radius 1 is 1.37 bits per heavy atom. The van der Waals surface area contributed by atoms with Crippen molar-refractivity contribution in [3.05, 3.63) is 29.8 Å². The minimum atomic E-state index is 0.186. The number of benzene rings is 1. The first kappa shape index (κ1) is 14.3. The average Bonchev–Trinajstić information content (AvgIpc) is 2.47. The van der Waals surface area contributed by atoms with E-state index in [1.807, 2.05) is 19.2 Å². The summed E-state index contributed by atoms with van der Waals surface area (Å²) >= 11 is 0. The van der Waals surface area contributed by atoms with E-state index in [1.165, 1.54) is 5.56 Å². The van der Waals surface area contributed by atoms with E-state index in [4.69, 9.17) is 9.47 Å². The molecule has 106 valence electrons. The Bertz CT molecular complexity index is 367. The van der Waals surface area contributed by atoms with Crippen LogP contribution in [0, 0.1) is 0 Å². The first-order valence-corrected chi connectivity index (χ1v) is 7.02. The lowest BCUT2D eigenvalue weighted by Gasteiger charge is -2.31. The molecule has 19 heavy (non-hydrogen) atoms. The molecule has 1 aliphatic rings. The summed E-state index contributed by atoms with van der Waals surface area (Å²) in [5.41, 5.74) is 1.26. The van der Waals surface area contributed by atoms with Gasteiger partial charge in [-0.15, -0.1) is 0 Å². The number of nitrogens with zero attached hydrogens (tertiary/aromatic N) is 1. The summed E-state index contributed by atoms with van der Waals surface area (Å²) in [5.74, 6) is 0.914. The van der Waals surface area contributed by atoms with Crippen LogP contribution >= 0.6 is 0 Å². The van der Waals surface area contributed by atoms with Crippen LogP contribution in [0.2, 0.25) is 0 Å². The third-order valence-electron chi connectivity index (χ3n) is 3.41. The molecular weight excluding hydrogens is 240 g/mol. The molecule has 1 fully saturated rings. The van der Waals surface area contributed by atoms with Crippen molar-refractivity contribution in [3.8, 4) is 5.75 Å². The molecule has 1 unspecified atom stereocenters. The lowest BCUT2D eigenvalue weighted by molar-refractivity contribution is -0.0464. The van der Waals surface area contributed by atoms with Gasteiger partial charge in [-0.05, 0) is 31.3 Å². The second-order valence-electron chi connectivity index (χ2n) is 4.87. The number of morpholine rings is 1. The molecule has 2 rings (SSSR count). The lowest BCUT2D eigenvalue weighted by atomic mass is 10.2. The fourth-order valence-corrected chi connectivity index (χ4v) is 2.27. The van der Waals surface area contributed by atoms with E-state index in [9.17, 15) is 0 Å². The molecule has 0 saturated carbocycles. The molecule has 1 saturated heterocycles. The van der Waals surface area contributed by atoms with Crippen molar-refractivity contribution in [2.24, 2.45) is 0 Å². The molecule has 0 amide bonds. The molecule has 0 aromatic heterocycles. The quantitative estimate of drug-likeness (QED) is 0.844. The van der Waals surface area contributed by atoms with Gasteiger partial charge in [0.1, 0.15) is 18.5 Å². The highest BCUT2D eigenvalue weighted by molar-refractivity contribution is 5.27. The van der Waals surface area contributed by atoms with E-state index in [0.29, 0.717) is 6.61 Å². The van der Waals surface area contributed by atoms with Gasteiger partial charge in [-0.1, -0.05) is 19.1 Å². The van der Waals surface area contributed by atoms with Crippen molar-refractivity contribution < 1.29 is 9.47 Å². The minimum Gasteiger partial charge on any atom is -0.491 e. The zero-order chi connectivity index (χ0) is 13.5. The lowest BCUT2D eigenvalue weighted by Crippen LogP contribution is -2.44. The molecule has 4 nitrogen and oxygen atoms in total. The number of hydrogen-bond acceptors (Lipinski definition) is 4. The van der Waals surface area contributed by atoms with Crippen molar-refractivity contribution in [2.45, 2.75) is 19.6 Å². The normalized spacial score (nSPS) is 20.4. The van der Waals surface area contributed by atoms with Crippen LogP contribution in [0.25, 0.3) is 0 Å². The summed E-state index contributed by atoms with van der Waals surface area (Å²) < 4.78 is 11.5. The Morgan fingerprint density at radius 2 is 2.16 bits per heavy atom. The van der Waals surface area contributed by atoms with Crippen molar-refractivity contribution >= 4 is 0 Å². The van der Waals surface area contributed by atoms with Gasteiger partial charge in [0, 0.05) is 19.6 Å². The topological polar surface area (TPSA) is 33.7 Å². The van der Waals surface area contributed by atoms with Crippen LogP contribution in [0.5, 0.6) is 5.75 Å². The molecule has 1 aromatic rings. The van der Waals surface area contributed by atoms with Crippen LogP contribution in [-0.2, 0) is 11.3 Å².